The Kier molecular flexibility index (Phi) is 3.12. The topological polar surface area (TPSA) is 20.2 Å². The highest BCUT2D eigenvalue weighted by atomic mass is 19.4. The molecular formula is C11H13F7O. The molecule has 0 spiro atoms. The van der Waals surface area contributed by atoms with E-state index in [0.717, 1.165) is 0 Å². The molecule has 1 nitrogen and oxygen atoms in total. The van der Waals surface area contributed by atoms with Crippen LogP contribution in [0.3, 0.4) is 0 Å². The van der Waals surface area contributed by atoms with Crippen molar-refractivity contribution in [2.75, 3.05) is 0 Å². The van der Waals surface area contributed by atoms with Gasteiger partial charge in [-0.2, -0.15) is 26.3 Å². The van der Waals surface area contributed by atoms with Crippen LogP contribution in [0.4, 0.5) is 30.7 Å². The molecule has 0 radical (unpaired) electrons. The molecule has 0 aromatic rings. The summed E-state index contributed by atoms with van der Waals surface area (Å²) in [5.74, 6) is -1.92. The second-order valence-electron chi connectivity index (χ2n) is 5.49. The SMILES string of the molecule is OC(C(F)(F)F)(C(F)(F)F)C1(F)CC2CCC1CC2. The maximum atomic E-state index is 14.6. The first-order valence-corrected chi connectivity index (χ1v) is 5.98. The quantitative estimate of drug-likeness (QED) is 0.730. The fourth-order valence-corrected chi connectivity index (χ4v) is 3.49. The van der Waals surface area contributed by atoms with Gasteiger partial charge in [-0.1, -0.05) is 0 Å². The number of hydrogen-bond acceptors (Lipinski definition) is 1. The lowest BCUT2D eigenvalue weighted by Gasteiger charge is -2.54. The first-order chi connectivity index (χ1) is 8.43. The van der Waals surface area contributed by atoms with Crippen LogP contribution in [-0.2, 0) is 0 Å². The maximum Gasteiger partial charge on any atom is 0.429 e. The van der Waals surface area contributed by atoms with E-state index in [9.17, 15) is 35.8 Å². The molecule has 0 aromatic carbocycles. The van der Waals surface area contributed by atoms with Gasteiger partial charge in [0.1, 0.15) is 0 Å². The highest BCUT2D eigenvalue weighted by Crippen LogP contribution is 2.61. The van der Waals surface area contributed by atoms with E-state index in [2.05, 4.69) is 0 Å². The lowest BCUT2D eigenvalue weighted by Crippen LogP contribution is -2.73. The first kappa shape index (κ1) is 14.9. The van der Waals surface area contributed by atoms with Crippen LogP contribution in [0.25, 0.3) is 0 Å². The number of hydrogen-bond donors (Lipinski definition) is 1. The number of halogens is 7. The smallest absolute Gasteiger partial charge is 0.371 e. The van der Waals surface area contributed by atoms with Gasteiger partial charge in [-0.05, 0) is 43.9 Å². The Balaban J connectivity index is 2.50. The van der Waals surface area contributed by atoms with Crippen LogP contribution in [0.5, 0.6) is 0 Å². The van der Waals surface area contributed by atoms with Crippen LogP contribution in [0.1, 0.15) is 32.1 Å². The molecule has 1 atom stereocenters. The monoisotopic (exact) mass is 294 g/mol. The molecule has 19 heavy (non-hydrogen) atoms. The van der Waals surface area contributed by atoms with Crippen molar-refractivity contribution in [2.24, 2.45) is 11.8 Å². The highest BCUT2D eigenvalue weighted by Gasteiger charge is 2.82. The van der Waals surface area contributed by atoms with E-state index in [1.807, 2.05) is 0 Å². The molecular weight excluding hydrogens is 281 g/mol. The van der Waals surface area contributed by atoms with E-state index in [1.165, 1.54) is 0 Å². The minimum Gasteiger partial charge on any atom is -0.371 e. The zero-order valence-electron chi connectivity index (χ0n) is 9.78. The molecule has 0 aliphatic heterocycles. The van der Waals surface area contributed by atoms with Crippen LogP contribution in [-0.4, -0.2) is 28.7 Å². The molecule has 112 valence electrons. The predicted octanol–water partition coefficient (Wildman–Crippen LogP) is 3.76. The molecule has 3 rings (SSSR count). The van der Waals surface area contributed by atoms with Crippen LogP contribution in [0.2, 0.25) is 0 Å². The van der Waals surface area contributed by atoms with Gasteiger partial charge in [0.2, 0.25) is 0 Å². The van der Waals surface area contributed by atoms with Crippen LogP contribution in [0.15, 0.2) is 0 Å². The van der Waals surface area contributed by atoms with Gasteiger partial charge in [0.25, 0.3) is 5.60 Å². The Labute approximate surface area is 104 Å². The maximum absolute atomic E-state index is 14.6. The third-order valence-electron chi connectivity index (χ3n) is 4.50. The average Bonchev–Trinajstić information content (AvgIpc) is 2.26. The van der Waals surface area contributed by atoms with E-state index < -0.39 is 41.9 Å². The molecule has 1 unspecified atom stereocenters. The van der Waals surface area contributed by atoms with Crippen molar-refractivity contribution in [3.05, 3.63) is 0 Å². The molecule has 8 heteroatoms. The molecule has 1 N–H and O–H groups in total. The van der Waals surface area contributed by atoms with Gasteiger partial charge in [-0.15, -0.1) is 0 Å². The molecule has 3 aliphatic rings. The Morgan fingerprint density at radius 1 is 0.842 bits per heavy atom. The largest absolute Gasteiger partial charge is 0.429 e. The Morgan fingerprint density at radius 3 is 1.53 bits per heavy atom. The molecule has 2 bridgehead atoms. The van der Waals surface area contributed by atoms with Gasteiger partial charge >= 0.3 is 12.4 Å². The van der Waals surface area contributed by atoms with Crippen LogP contribution < -0.4 is 0 Å². The second-order valence-corrected chi connectivity index (χ2v) is 5.49. The fraction of sp³-hybridized carbons (Fsp3) is 1.00. The zero-order chi connectivity index (χ0) is 14.7. The van der Waals surface area contributed by atoms with E-state index in [1.54, 1.807) is 0 Å². The Bertz CT molecular complexity index is 339. The zero-order valence-corrected chi connectivity index (χ0v) is 9.78. The predicted molar refractivity (Wildman–Crippen MR) is 51.0 cm³/mol. The van der Waals surface area contributed by atoms with Gasteiger partial charge in [0.15, 0.2) is 5.67 Å². The number of rotatable bonds is 1. The summed E-state index contributed by atoms with van der Waals surface area (Å²) in [4.78, 5) is 0. The summed E-state index contributed by atoms with van der Waals surface area (Å²) in [6.45, 7) is 0. The van der Waals surface area contributed by atoms with E-state index in [-0.39, 0.29) is 12.8 Å². The van der Waals surface area contributed by atoms with Gasteiger partial charge in [0.05, 0.1) is 0 Å². The lowest BCUT2D eigenvalue weighted by atomic mass is 9.57. The summed E-state index contributed by atoms with van der Waals surface area (Å²) in [7, 11) is 0. The van der Waals surface area contributed by atoms with Crippen molar-refractivity contribution >= 4 is 0 Å². The van der Waals surface area contributed by atoms with Gasteiger partial charge < -0.3 is 5.11 Å². The summed E-state index contributed by atoms with van der Waals surface area (Å²) < 4.78 is 91.1. The molecule has 3 saturated carbocycles. The minimum absolute atomic E-state index is 0.0460. The summed E-state index contributed by atoms with van der Waals surface area (Å²) in [6, 6.07) is 0. The summed E-state index contributed by atoms with van der Waals surface area (Å²) >= 11 is 0. The van der Waals surface area contributed by atoms with Crippen LogP contribution >= 0.6 is 0 Å². The normalized spacial score (nSPS) is 36.6. The van der Waals surface area contributed by atoms with Gasteiger partial charge in [-0.25, -0.2) is 4.39 Å². The average molecular weight is 294 g/mol. The third-order valence-corrected chi connectivity index (χ3v) is 4.50. The van der Waals surface area contributed by atoms with E-state index in [0.29, 0.717) is 12.8 Å². The summed E-state index contributed by atoms with van der Waals surface area (Å²) in [6.07, 6.45) is -12.3. The molecule has 0 heterocycles. The summed E-state index contributed by atoms with van der Waals surface area (Å²) in [5, 5.41) is 9.27. The lowest BCUT2D eigenvalue weighted by molar-refractivity contribution is -0.415. The van der Waals surface area contributed by atoms with Crippen molar-refractivity contribution in [1.29, 1.82) is 0 Å². The van der Waals surface area contributed by atoms with E-state index >= 15 is 0 Å². The molecule has 0 amide bonds. The first-order valence-electron chi connectivity index (χ1n) is 5.98. The third kappa shape index (κ3) is 1.86. The van der Waals surface area contributed by atoms with Crippen molar-refractivity contribution in [2.45, 2.75) is 55.7 Å². The number of aliphatic hydroxyl groups is 1. The van der Waals surface area contributed by atoms with Crippen molar-refractivity contribution in [3.63, 3.8) is 0 Å². The summed E-state index contributed by atoms with van der Waals surface area (Å²) in [5.41, 5.74) is -8.96. The minimum atomic E-state index is -6.09. The van der Waals surface area contributed by atoms with Gasteiger partial charge in [0, 0.05) is 0 Å². The molecule has 3 fully saturated rings. The molecule has 0 saturated heterocycles. The van der Waals surface area contributed by atoms with Crippen molar-refractivity contribution in [3.8, 4) is 0 Å². The standard InChI is InChI=1S/C11H13F7O/c12-8(5-6-1-3-7(8)4-2-6)9(19,10(13,14)15)11(16,17)18/h6-7,19H,1-5H2. The Morgan fingerprint density at radius 2 is 1.26 bits per heavy atom. The van der Waals surface area contributed by atoms with E-state index in [4.69, 9.17) is 0 Å². The van der Waals surface area contributed by atoms with Crippen molar-refractivity contribution < 1.29 is 35.8 Å². The van der Waals surface area contributed by atoms with Gasteiger partial charge in [-0.3, -0.25) is 0 Å². The Hall–Kier alpha value is -0.530. The molecule has 0 aromatic heterocycles. The number of fused-ring (bicyclic) bond motifs is 3. The number of alkyl halides is 7. The van der Waals surface area contributed by atoms with Crippen molar-refractivity contribution in [1.82, 2.24) is 0 Å². The molecule has 3 aliphatic carbocycles. The fourth-order valence-electron chi connectivity index (χ4n) is 3.49. The van der Waals surface area contributed by atoms with Crippen LogP contribution in [0, 0.1) is 11.8 Å². The highest BCUT2D eigenvalue weighted by molar-refractivity contribution is 5.15. The second kappa shape index (κ2) is 3.99.